The first-order chi connectivity index (χ1) is 5.83. The van der Waals surface area contributed by atoms with Crippen molar-refractivity contribution >= 4 is 5.91 Å². The first kappa shape index (κ1) is 6.93. The summed E-state index contributed by atoms with van der Waals surface area (Å²) in [6, 6.07) is 0. The molecule has 2 aliphatic heterocycles. The smallest absolute Gasteiger partial charge is 0.223 e. The van der Waals surface area contributed by atoms with Crippen LogP contribution in [0.3, 0.4) is 0 Å². The molecule has 3 fully saturated rings. The van der Waals surface area contributed by atoms with Gasteiger partial charge in [-0.3, -0.25) is 4.79 Å². The summed E-state index contributed by atoms with van der Waals surface area (Å²) in [5.41, 5.74) is 0.396. The van der Waals surface area contributed by atoms with E-state index in [0.29, 0.717) is 11.4 Å². The summed E-state index contributed by atoms with van der Waals surface area (Å²) < 4.78 is 0. The molecule has 2 heterocycles. The molecule has 0 aromatic carbocycles. The molecule has 2 unspecified atom stereocenters. The van der Waals surface area contributed by atoms with Crippen LogP contribution in [0.25, 0.3) is 0 Å². The van der Waals surface area contributed by atoms with Gasteiger partial charge in [-0.15, -0.1) is 0 Å². The molecule has 1 aliphatic carbocycles. The summed E-state index contributed by atoms with van der Waals surface area (Å²) in [6.07, 6.45) is 7.20. The second-order valence-electron chi connectivity index (χ2n) is 4.55. The molecule has 2 saturated heterocycles. The van der Waals surface area contributed by atoms with Crippen molar-refractivity contribution < 1.29 is 4.79 Å². The molecule has 2 heteroatoms. The summed E-state index contributed by atoms with van der Waals surface area (Å²) in [5, 5.41) is 0. The molecule has 0 radical (unpaired) electrons. The molecule has 3 aliphatic rings. The highest BCUT2D eigenvalue weighted by atomic mass is 16.2. The van der Waals surface area contributed by atoms with Gasteiger partial charge in [0.25, 0.3) is 0 Å². The van der Waals surface area contributed by atoms with Gasteiger partial charge in [-0.05, 0) is 38.0 Å². The van der Waals surface area contributed by atoms with E-state index in [4.69, 9.17) is 0 Å². The Kier molecular flexibility index (Phi) is 1.18. The van der Waals surface area contributed by atoms with E-state index in [2.05, 4.69) is 4.90 Å². The van der Waals surface area contributed by atoms with Gasteiger partial charge in [0.2, 0.25) is 5.91 Å². The SMILES string of the molecule is O=C1CCCC23CC2CCCN13. The second kappa shape index (κ2) is 2.04. The first-order valence-corrected chi connectivity index (χ1v) is 5.13. The zero-order valence-corrected chi connectivity index (χ0v) is 7.38. The molecule has 12 heavy (non-hydrogen) atoms. The third-order valence-corrected chi connectivity index (χ3v) is 3.97. The molecular formula is C10H15NO. The van der Waals surface area contributed by atoms with Crippen LogP contribution in [0.15, 0.2) is 0 Å². The van der Waals surface area contributed by atoms with E-state index in [1.54, 1.807) is 0 Å². The topological polar surface area (TPSA) is 20.3 Å². The van der Waals surface area contributed by atoms with Crippen molar-refractivity contribution in [2.45, 2.75) is 44.1 Å². The quantitative estimate of drug-likeness (QED) is 0.533. The van der Waals surface area contributed by atoms with E-state index in [1.807, 2.05) is 0 Å². The molecule has 2 nitrogen and oxygen atoms in total. The summed E-state index contributed by atoms with van der Waals surface area (Å²) in [5.74, 6) is 1.32. The summed E-state index contributed by atoms with van der Waals surface area (Å²) >= 11 is 0. The van der Waals surface area contributed by atoms with Crippen molar-refractivity contribution in [3.63, 3.8) is 0 Å². The monoisotopic (exact) mass is 165 g/mol. The highest BCUT2D eigenvalue weighted by molar-refractivity contribution is 5.78. The van der Waals surface area contributed by atoms with Crippen LogP contribution in [0, 0.1) is 5.92 Å². The molecule has 3 rings (SSSR count). The van der Waals surface area contributed by atoms with Crippen LogP contribution in [0.1, 0.15) is 38.5 Å². The largest absolute Gasteiger partial charge is 0.337 e. The summed E-state index contributed by atoms with van der Waals surface area (Å²) in [4.78, 5) is 13.8. The molecular weight excluding hydrogens is 150 g/mol. The fourth-order valence-electron chi connectivity index (χ4n) is 3.28. The second-order valence-corrected chi connectivity index (χ2v) is 4.55. The number of piperidine rings is 2. The Balaban J connectivity index is 1.91. The minimum atomic E-state index is 0.396. The van der Waals surface area contributed by atoms with E-state index in [9.17, 15) is 4.79 Å². The number of carbonyl (C=O) groups excluding carboxylic acids is 1. The van der Waals surface area contributed by atoms with Crippen molar-refractivity contribution in [2.75, 3.05) is 6.54 Å². The van der Waals surface area contributed by atoms with Crippen LogP contribution in [0.5, 0.6) is 0 Å². The van der Waals surface area contributed by atoms with Gasteiger partial charge in [-0.1, -0.05) is 0 Å². The molecule has 1 amide bonds. The van der Waals surface area contributed by atoms with E-state index >= 15 is 0 Å². The maximum Gasteiger partial charge on any atom is 0.223 e. The van der Waals surface area contributed by atoms with Crippen LogP contribution in [-0.4, -0.2) is 22.9 Å². The average Bonchev–Trinajstić information content (AvgIpc) is 2.76. The summed E-state index contributed by atoms with van der Waals surface area (Å²) in [7, 11) is 0. The highest BCUT2D eigenvalue weighted by Crippen LogP contribution is 2.58. The standard InChI is InChI=1S/C10H15NO/c12-9-4-1-5-10-7-8(10)3-2-6-11(9)10/h8H,1-7H2. The normalized spacial score (nSPS) is 45.2. The van der Waals surface area contributed by atoms with Gasteiger partial charge in [0, 0.05) is 18.5 Å². The van der Waals surface area contributed by atoms with E-state index < -0.39 is 0 Å². The number of nitrogens with zero attached hydrogens (tertiary/aromatic N) is 1. The number of carbonyl (C=O) groups is 1. The lowest BCUT2D eigenvalue weighted by molar-refractivity contribution is -0.139. The van der Waals surface area contributed by atoms with Crippen LogP contribution >= 0.6 is 0 Å². The van der Waals surface area contributed by atoms with Gasteiger partial charge in [0.05, 0.1) is 0 Å². The van der Waals surface area contributed by atoms with Crippen LogP contribution in [-0.2, 0) is 4.79 Å². The predicted molar refractivity (Wildman–Crippen MR) is 45.6 cm³/mol. The predicted octanol–water partition coefficient (Wildman–Crippen LogP) is 1.55. The molecule has 1 spiro atoms. The maximum atomic E-state index is 11.6. The van der Waals surface area contributed by atoms with Gasteiger partial charge in [0.1, 0.15) is 0 Å². The first-order valence-electron chi connectivity index (χ1n) is 5.13. The number of hydrogen-bond donors (Lipinski definition) is 0. The zero-order chi connectivity index (χ0) is 8.18. The van der Waals surface area contributed by atoms with Gasteiger partial charge in [-0.25, -0.2) is 0 Å². The molecule has 0 aromatic heterocycles. The van der Waals surface area contributed by atoms with Gasteiger partial charge in [-0.2, -0.15) is 0 Å². The third kappa shape index (κ3) is 0.686. The van der Waals surface area contributed by atoms with Gasteiger partial charge < -0.3 is 4.90 Å². The zero-order valence-electron chi connectivity index (χ0n) is 7.38. The van der Waals surface area contributed by atoms with Crippen molar-refractivity contribution in [1.29, 1.82) is 0 Å². The summed E-state index contributed by atoms with van der Waals surface area (Å²) in [6.45, 7) is 1.05. The Morgan fingerprint density at radius 1 is 1.42 bits per heavy atom. The molecule has 1 saturated carbocycles. The van der Waals surface area contributed by atoms with Crippen molar-refractivity contribution in [1.82, 2.24) is 4.90 Å². The Labute approximate surface area is 72.9 Å². The van der Waals surface area contributed by atoms with Crippen LogP contribution in [0.2, 0.25) is 0 Å². The lowest BCUT2D eigenvalue weighted by Gasteiger charge is -2.40. The number of hydrogen-bond acceptors (Lipinski definition) is 1. The fourth-order valence-corrected chi connectivity index (χ4v) is 3.28. The Morgan fingerprint density at radius 2 is 2.33 bits per heavy atom. The Hall–Kier alpha value is -0.530. The number of amides is 1. The Morgan fingerprint density at radius 3 is 3.17 bits per heavy atom. The van der Waals surface area contributed by atoms with Crippen LogP contribution < -0.4 is 0 Å². The Bertz CT molecular complexity index is 238. The van der Waals surface area contributed by atoms with Crippen molar-refractivity contribution in [2.24, 2.45) is 5.92 Å². The van der Waals surface area contributed by atoms with Crippen molar-refractivity contribution in [3.05, 3.63) is 0 Å². The fraction of sp³-hybridized carbons (Fsp3) is 0.900. The average molecular weight is 165 g/mol. The van der Waals surface area contributed by atoms with E-state index in [-0.39, 0.29) is 0 Å². The van der Waals surface area contributed by atoms with E-state index in [0.717, 1.165) is 25.3 Å². The van der Waals surface area contributed by atoms with Gasteiger partial charge in [0.15, 0.2) is 0 Å². The van der Waals surface area contributed by atoms with Gasteiger partial charge >= 0.3 is 0 Å². The molecule has 66 valence electrons. The van der Waals surface area contributed by atoms with E-state index in [1.165, 1.54) is 25.7 Å². The molecule has 0 aromatic rings. The molecule has 0 bridgehead atoms. The van der Waals surface area contributed by atoms with Crippen LogP contribution in [0.4, 0.5) is 0 Å². The lowest BCUT2D eigenvalue weighted by atomic mass is 9.92. The maximum absolute atomic E-state index is 11.6. The molecule has 0 N–H and O–H groups in total. The number of rotatable bonds is 0. The highest BCUT2D eigenvalue weighted by Gasteiger charge is 2.61. The third-order valence-electron chi connectivity index (χ3n) is 3.97. The van der Waals surface area contributed by atoms with Crippen molar-refractivity contribution in [3.8, 4) is 0 Å². The molecule has 2 atom stereocenters. The minimum Gasteiger partial charge on any atom is -0.337 e. The lowest BCUT2D eigenvalue weighted by Crippen LogP contribution is -2.49. The minimum absolute atomic E-state index is 0.396.